The van der Waals surface area contributed by atoms with Crippen molar-refractivity contribution in [2.75, 3.05) is 20.3 Å². The van der Waals surface area contributed by atoms with E-state index in [0.29, 0.717) is 24.4 Å². The number of ketones is 1. The molecule has 1 heterocycles. The fourth-order valence-corrected chi connectivity index (χ4v) is 1.92. The second-order valence-corrected chi connectivity index (χ2v) is 4.43. The van der Waals surface area contributed by atoms with Gasteiger partial charge < -0.3 is 15.0 Å². The van der Waals surface area contributed by atoms with Gasteiger partial charge in [0.1, 0.15) is 5.69 Å². The van der Waals surface area contributed by atoms with Crippen LogP contribution in [0.4, 0.5) is 0 Å². The molecule has 1 rings (SSSR count). The zero-order chi connectivity index (χ0) is 14.3. The third-order valence-electron chi connectivity index (χ3n) is 3.16. The summed E-state index contributed by atoms with van der Waals surface area (Å²) in [6.45, 7) is 4.91. The molecule has 0 radical (unpaired) electrons. The molecule has 0 aliphatic rings. The van der Waals surface area contributed by atoms with E-state index < -0.39 is 0 Å². The van der Waals surface area contributed by atoms with Crippen molar-refractivity contribution in [1.29, 1.82) is 0 Å². The summed E-state index contributed by atoms with van der Waals surface area (Å²) in [5, 5.41) is 2.70. The predicted octanol–water partition coefficient (Wildman–Crippen LogP) is 2.01. The number of H-pyrrole nitrogens is 1. The molecule has 0 saturated heterocycles. The zero-order valence-corrected chi connectivity index (χ0v) is 11.8. The van der Waals surface area contributed by atoms with Gasteiger partial charge in [0.05, 0.1) is 6.61 Å². The smallest absolute Gasteiger partial charge is 0.267 e. The van der Waals surface area contributed by atoms with Crippen molar-refractivity contribution in [2.45, 2.75) is 26.7 Å². The van der Waals surface area contributed by atoms with Crippen LogP contribution >= 0.6 is 0 Å². The molecule has 0 atom stereocenters. The van der Waals surface area contributed by atoms with E-state index in [2.05, 4.69) is 10.3 Å². The van der Waals surface area contributed by atoms with Crippen LogP contribution in [0.3, 0.4) is 0 Å². The van der Waals surface area contributed by atoms with Crippen molar-refractivity contribution < 1.29 is 14.3 Å². The normalized spacial score (nSPS) is 10.7. The van der Waals surface area contributed by atoms with Crippen LogP contribution in [0.1, 0.15) is 47.5 Å². The number of carbonyl (C=O) groups is 2. The van der Waals surface area contributed by atoms with E-state index in [1.54, 1.807) is 19.4 Å². The van der Waals surface area contributed by atoms with Gasteiger partial charge in [-0.3, -0.25) is 9.59 Å². The van der Waals surface area contributed by atoms with Crippen LogP contribution in [-0.2, 0) is 4.74 Å². The summed E-state index contributed by atoms with van der Waals surface area (Å²) in [5.41, 5.74) is 0.982. The first-order valence-electron chi connectivity index (χ1n) is 6.63. The molecule has 1 amide bonds. The van der Waals surface area contributed by atoms with Crippen molar-refractivity contribution in [3.8, 4) is 0 Å². The summed E-state index contributed by atoms with van der Waals surface area (Å²) in [5.74, 6) is -0.0990. The number of amides is 1. The lowest BCUT2D eigenvalue weighted by Crippen LogP contribution is -2.27. The monoisotopic (exact) mass is 266 g/mol. The van der Waals surface area contributed by atoms with E-state index in [-0.39, 0.29) is 17.6 Å². The molecule has 0 fully saturated rings. The Morgan fingerprint density at radius 1 is 1.37 bits per heavy atom. The van der Waals surface area contributed by atoms with Crippen molar-refractivity contribution in [1.82, 2.24) is 10.3 Å². The number of carbonyl (C=O) groups excluding carboxylic acids is 2. The van der Waals surface area contributed by atoms with Crippen LogP contribution in [0, 0.1) is 5.92 Å². The van der Waals surface area contributed by atoms with Crippen LogP contribution in [0.25, 0.3) is 0 Å². The highest BCUT2D eigenvalue weighted by molar-refractivity contribution is 6.01. The van der Waals surface area contributed by atoms with Gasteiger partial charge in [0.25, 0.3) is 5.91 Å². The fourth-order valence-electron chi connectivity index (χ4n) is 1.92. The highest BCUT2D eigenvalue weighted by atomic mass is 16.5. The fraction of sp³-hybridized carbons (Fsp3) is 0.571. The van der Waals surface area contributed by atoms with Gasteiger partial charge in [-0.25, -0.2) is 0 Å². The van der Waals surface area contributed by atoms with E-state index in [4.69, 9.17) is 4.74 Å². The van der Waals surface area contributed by atoms with Gasteiger partial charge >= 0.3 is 0 Å². The molecule has 0 aliphatic heterocycles. The van der Waals surface area contributed by atoms with Crippen molar-refractivity contribution in [3.63, 3.8) is 0 Å². The number of rotatable bonds is 8. The lowest BCUT2D eigenvalue weighted by Gasteiger charge is -2.08. The topological polar surface area (TPSA) is 71.2 Å². The van der Waals surface area contributed by atoms with Gasteiger partial charge in [-0.05, 0) is 18.9 Å². The van der Waals surface area contributed by atoms with Gasteiger partial charge in [-0.2, -0.15) is 0 Å². The van der Waals surface area contributed by atoms with E-state index in [0.717, 1.165) is 12.8 Å². The van der Waals surface area contributed by atoms with Crippen LogP contribution in [0.5, 0.6) is 0 Å². The third-order valence-corrected chi connectivity index (χ3v) is 3.16. The highest BCUT2D eigenvalue weighted by Gasteiger charge is 2.19. The molecular formula is C14H22N2O3. The maximum Gasteiger partial charge on any atom is 0.267 e. The Balaban J connectivity index is 2.66. The van der Waals surface area contributed by atoms with Crippen molar-refractivity contribution >= 4 is 11.7 Å². The Labute approximate surface area is 113 Å². The molecule has 1 aromatic heterocycles. The quantitative estimate of drug-likeness (QED) is 0.558. The molecule has 0 aliphatic carbocycles. The average Bonchev–Trinajstić information content (AvgIpc) is 2.89. The summed E-state index contributed by atoms with van der Waals surface area (Å²) in [6, 6.07) is 1.61. The Morgan fingerprint density at radius 2 is 2.05 bits per heavy atom. The lowest BCUT2D eigenvalue weighted by atomic mass is 9.94. The molecule has 0 saturated carbocycles. The number of hydrogen-bond acceptors (Lipinski definition) is 3. The van der Waals surface area contributed by atoms with Crippen LogP contribution in [-0.4, -0.2) is 36.9 Å². The predicted molar refractivity (Wildman–Crippen MR) is 73.4 cm³/mol. The Morgan fingerprint density at radius 3 is 2.63 bits per heavy atom. The summed E-state index contributed by atoms with van der Waals surface area (Å²) >= 11 is 0. The van der Waals surface area contributed by atoms with Crippen LogP contribution in [0.2, 0.25) is 0 Å². The number of methoxy groups -OCH3 is 1. The Hall–Kier alpha value is -1.62. The minimum Gasteiger partial charge on any atom is -0.383 e. The zero-order valence-electron chi connectivity index (χ0n) is 11.8. The summed E-state index contributed by atoms with van der Waals surface area (Å²) < 4.78 is 4.85. The number of aromatic nitrogens is 1. The van der Waals surface area contributed by atoms with Gasteiger partial charge in [0.2, 0.25) is 0 Å². The molecule has 0 bridgehead atoms. The molecule has 5 heteroatoms. The standard InChI is InChI=1S/C14H22N2O3/c1-4-10(5-2)13(17)11-8-12(16-9-11)14(18)15-6-7-19-3/h8-10,16H,4-7H2,1-3H3,(H,15,18). The van der Waals surface area contributed by atoms with Crippen LogP contribution in [0.15, 0.2) is 12.3 Å². The van der Waals surface area contributed by atoms with Gasteiger partial charge in [-0.1, -0.05) is 13.8 Å². The molecule has 106 valence electrons. The second kappa shape index (κ2) is 7.74. The van der Waals surface area contributed by atoms with Gasteiger partial charge in [0, 0.05) is 31.3 Å². The number of aromatic amines is 1. The summed E-state index contributed by atoms with van der Waals surface area (Å²) in [6.07, 6.45) is 3.23. The van der Waals surface area contributed by atoms with Crippen molar-refractivity contribution in [2.24, 2.45) is 5.92 Å². The maximum atomic E-state index is 12.1. The minimum atomic E-state index is -0.222. The minimum absolute atomic E-state index is 0.0280. The van der Waals surface area contributed by atoms with Crippen molar-refractivity contribution in [3.05, 3.63) is 23.5 Å². The number of nitrogens with one attached hydrogen (secondary N) is 2. The molecule has 0 aromatic carbocycles. The number of hydrogen-bond donors (Lipinski definition) is 2. The summed E-state index contributed by atoms with van der Waals surface area (Å²) in [4.78, 5) is 26.7. The molecule has 0 unspecified atom stereocenters. The first-order chi connectivity index (χ1) is 9.13. The molecular weight excluding hydrogens is 244 g/mol. The van der Waals surface area contributed by atoms with E-state index in [1.807, 2.05) is 13.8 Å². The molecule has 0 spiro atoms. The number of Topliss-reactive ketones (excluding diaryl/α,β-unsaturated/α-hetero) is 1. The summed E-state index contributed by atoms with van der Waals surface area (Å²) in [7, 11) is 1.58. The SMILES string of the molecule is CCC(CC)C(=O)c1c[nH]c(C(=O)NCCOC)c1. The Kier molecular flexibility index (Phi) is 6.29. The largest absolute Gasteiger partial charge is 0.383 e. The molecule has 1 aromatic rings. The van der Waals surface area contributed by atoms with E-state index in [9.17, 15) is 9.59 Å². The first kappa shape index (κ1) is 15.4. The maximum absolute atomic E-state index is 12.1. The van der Waals surface area contributed by atoms with Gasteiger partial charge in [-0.15, -0.1) is 0 Å². The molecule has 2 N–H and O–H groups in total. The first-order valence-corrected chi connectivity index (χ1v) is 6.63. The van der Waals surface area contributed by atoms with E-state index in [1.165, 1.54) is 0 Å². The van der Waals surface area contributed by atoms with Gasteiger partial charge in [0.15, 0.2) is 5.78 Å². The average molecular weight is 266 g/mol. The molecule has 5 nitrogen and oxygen atoms in total. The second-order valence-electron chi connectivity index (χ2n) is 4.43. The Bertz CT molecular complexity index is 422. The molecule has 19 heavy (non-hydrogen) atoms. The van der Waals surface area contributed by atoms with E-state index >= 15 is 0 Å². The third kappa shape index (κ3) is 4.21. The lowest BCUT2D eigenvalue weighted by molar-refractivity contribution is 0.0913. The highest BCUT2D eigenvalue weighted by Crippen LogP contribution is 2.16. The van der Waals surface area contributed by atoms with Crippen LogP contribution < -0.4 is 5.32 Å². The number of ether oxygens (including phenoxy) is 1.